The van der Waals surface area contributed by atoms with Crippen LogP contribution in [0.1, 0.15) is 28.9 Å². The van der Waals surface area contributed by atoms with E-state index in [0.29, 0.717) is 12.2 Å². The molecule has 3 rings (SSSR count). The van der Waals surface area contributed by atoms with Crippen LogP contribution in [0.5, 0.6) is 0 Å². The first-order valence-corrected chi connectivity index (χ1v) is 8.11. The molecule has 1 amide bonds. The molecule has 0 aliphatic carbocycles. The Kier molecular flexibility index (Phi) is 5.02. The lowest BCUT2D eigenvalue weighted by atomic mass is 10.1. The number of nitrogen functional groups attached to an aromatic ring is 1. The van der Waals surface area contributed by atoms with Crippen molar-refractivity contribution in [3.8, 4) is 11.3 Å². The smallest absolute Gasteiger partial charge is 0.274 e. The van der Waals surface area contributed by atoms with Crippen molar-refractivity contribution < 1.29 is 4.79 Å². The lowest BCUT2D eigenvalue weighted by molar-refractivity contribution is 0.0926. The minimum absolute atomic E-state index is 0.0941. The van der Waals surface area contributed by atoms with E-state index >= 15 is 0 Å². The highest BCUT2D eigenvalue weighted by atomic mass is 16.2. The molecule has 6 N–H and O–H groups in total. The Labute approximate surface area is 140 Å². The number of rotatable bonds is 4. The molecular formula is C17H22N6O. The highest BCUT2D eigenvalue weighted by Crippen LogP contribution is 2.20. The Morgan fingerprint density at radius 2 is 2.29 bits per heavy atom. The zero-order valence-corrected chi connectivity index (χ0v) is 13.5. The summed E-state index contributed by atoms with van der Waals surface area (Å²) in [7, 11) is 0. The number of nitrogens with one attached hydrogen (secondary N) is 2. The number of hydrogen-bond donors (Lipinski definition) is 4. The number of amides is 1. The van der Waals surface area contributed by atoms with Gasteiger partial charge in [-0.05, 0) is 31.0 Å². The fraction of sp³-hybridized carbons (Fsp3) is 0.353. The second kappa shape index (κ2) is 7.37. The van der Waals surface area contributed by atoms with Gasteiger partial charge >= 0.3 is 0 Å². The van der Waals surface area contributed by atoms with Gasteiger partial charge in [-0.2, -0.15) is 0 Å². The Bertz CT molecular complexity index is 727. The van der Waals surface area contributed by atoms with Crippen molar-refractivity contribution in [3.63, 3.8) is 0 Å². The van der Waals surface area contributed by atoms with Crippen LogP contribution in [0.3, 0.4) is 0 Å². The fourth-order valence-corrected chi connectivity index (χ4v) is 2.79. The van der Waals surface area contributed by atoms with Gasteiger partial charge in [0.2, 0.25) is 0 Å². The average Bonchev–Trinajstić information content (AvgIpc) is 2.63. The van der Waals surface area contributed by atoms with Crippen molar-refractivity contribution in [2.45, 2.75) is 25.4 Å². The van der Waals surface area contributed by atoms with E-state index in [-0.39, 0.29) is 23.5 Å². The van der Waals surface area contributed by atoms with Crippen LogP contribution in [0.25, 0.3) is 11.3 Å². The maximum absolute atomic E-state index is 12.5. The molecule has 7 nitrogen and oxygen atoms in total. The molecule has 1 saturated heterocycles. The predicted molar refractivity (Wildman–Crippen MR) is 93.1 cm³/mol. The lowest BCUT2D eigenvalue weighted by Crippen LogP contribution is -2.46. The highest BCUT2D eigenvalue weighted by molar-refractivity contribution is 5.97. The van der Waals surface area contributed by atoms with Crippen molar-refractivity contribution in [1.82, 2.24) is 20.6 Å². The predicted octanol–water partition coefficient (Wildman–Crippen LogP) is 0.666. The largest absolute Gasteiger partial charge is 0.382 e. The number of hydrogen-bond acceptors (Lipinski definition) is 6. The number of nitrogens with zero attached hydrogens (tertiary/aromatic N) is 2. The van der Waals surface area contributed by atoms with Gasteiger partial charge in [-0.3, -0.25) is 4.79 Å². The number of benzene rings is 1. The number of aromatic nitrogens is 2. The van der Waals surface area contributed by atoms with Gasteiger partial charge in [0, 0.05) is 24.7 Å². The van der Waals surface area contributed by atoms with E-state index in [1.807, 2.05) is 24.3 Å². The molecule has 2 aromatic rings. The van der Waals surface area contributed by atoms with E-state index in [1.165, 1.54) is 0 Å². The normalized spacial score (nSPS) is 17.5. The SMILES string of the molecule is NCc1cccc(-c2cnc(N)c(C(=O)NC3CCCNC3)n2)c1. The van der Waals surface area contributed by atoms with Crippen molar-refractivity contribution >= 4 is 11.7 Å². The van der Waals surface area contributed by atoms with E-state index in [4.69, 9.17) is 11.5 Å². The molecule has 1 fully saturated rings. The summed E-state index contributed by atoms with van der Waals surface area (Å²) in [5.41, 5.74) is 14.2. The third-order valence-corrected chi connectivity index (χ3v) is 4.11. The Balaban J connectivity index is 1.83. The zero-order chi connectivity index (χ0) is 16.9. The molecule has 7 heteroatoms. The first-order valence-electron chi connectivity index (χ1n) is 8.11. The van der Waals surface area contributed by atoms with Gasteiger partial charge < -0.3 is 22.1 Å². The van der Waals surface area contributed by atoms with Crippen molar-refractivity contribution in [2.75, 3.05) is 18.8 Å². The molecule has 0 saturated carbocycles. The summed E-state index contributed by atoms with van der Waals surface area (Å²) in [5.74, 6) is -0.152. The first-order chi connectivity index (χ1) is 11.7. The van der Waals surface area contributed by atoms with Crippen LogP contribution in [0.2, 0.25) is 0 Å². The van der Waals surface area contributed by atoms with Crippen LogP contribution in [0, 0.1) is 0 Å². The summed E-state index contributed by atoms with van der Waals surface area (Å²) in [6.07, 6.45) is 3.56. The minimum Gasteiger partial charge on any atom is -0.382 e. The molecular weight excluding hydrogens is 304 g/mol. The van der Waals surface area contributed by atoms with Crippen molar-refractivity contribution in [1.29, 1.82) is 0 Å². The standard InChI is InChI=1S/C17H22N6O/c18-8-11-3-1-4-12(7-11)14-10-21-16(19)15(23-14)17(24)22-13-5-2-6-20-9-13/h1,3-4,7,10,13,20H,2,5-6,8-9,18H2,(H2,19,21)(H,22,24). The van der Waals surface area contributed by atoms with Crippen molar-refractivity contribution in [2.24, 2.45) is 5.73 Å². The molecule has 1 aromatic carbocycles. The maximum atomic E-state index is 12.5. The molecule has 0 spiro atoms. The monoisotopic (exact) mass is 326 g/mol. The second-order valence-electron chi connectivity index (χ2n) is 5.91. The molecule has 1 aliphatic rings. The van der Waals surface area contributed by atoms with Crippen LogP contribution in [-0.2, 0) is 6.54 Å². The quantitative estimate of drug-likeness (QED) is 0.655. The van der Waals surface area contributed by atoms with Gasteiger partial charge in [0.05, 0.1) is 11.9 Å². The summed E-state index contributed by atoms with van der Waals surface area (Å²) in [5, 5.41) is 6.24. The third-order valence-electron chi connectivity index (χ3n) is 4.11. The third kappa shape index (κ3) is 3.69. The van der Waals surface area contributed by atoms with E-state index in [1.54, 1.807) is 6.20 Å². The van der Waals surface area contributed by atoms with Gasteiger partial charge in [-0.25, -0.2) is 9.97 Å². The highest BCUT2D eigenvalue weighted by Gasteiger charge is 2.20. The van der Waals surface area contributed by atoms with E-state index in [0.717, 1.165) is 37.1 Å². The van der Waals surface area contributed by atoms with E-state index in [9.17, 15) is 4.79 Å². The van der Waals surface area contributed by atoms with Crippen LogP contribution in [-0.4, -0.2) is 35.0 Å². The van der Waals surface area contributed by atoms with E-state index < -0.39 is 0 Å². The molecule has 0 radical (unpaired) electrons. The minimum atomic E-state index is -0.287. The van der Waals surface area contributed by atoms with Gasteiger partial charge in [0.1, 0.15) is 0 Å². The molecule has 126 valence electrons. The lowest BCUT2D eigenvalue weighted by Gasteiger charge is -2.23. The van der Waals surface area contributed by atoms with Gasteiger partial charge in [-0.15, -0.1) is 0 Å². The number of anilines is 1. The number of nitrogens with two attached hydrogens (primary N) is 2. The summed E-state index contributed by atoms with van der Waals surface area (Å²) < 4.78 is 0. The summed E-state index contributed by atoms with van der Waals surface area (Å²) in [6, 6.07) is 7.79. The van der Waals surface area contributed by atoms with E-state index in [2.05, 4.69) is 20.6 Å². The summed E-state index contributed by atoms with van der Waals surface area (Å²) >= 11 is 0. The molecule has 24 heavy (non-hydrogen) atoms. The van der Waals surface area contributed by atoms with Crippen LogP contribution in [0.15, 0.2) is 30.5 Å². The molecule has 1 aromatic heterocycles. The topological polar surface area (TPSA) is 119 Å². The first kappa shape index (κ1) is 16.4. The molecule has 1 aliphatic heterocycles. The zero-order valence-electron chi connectivity index (χ0n) is 13.5. The Hall–Kier alpha value is -2.51. The van der Waals surface area contributed by atoms with Gasteiger partial charge in [0.15, 0.2) is 11.5 Å². The average molecular weight is 326 g/mol. The molecule has 2 heterocycles. The second-order valence-corrected chi connectivity index (χ2v) is 5.91. The van der Waals surface area contributed by atoms with Gasteiger partial charge in [0.25, 0.3) is 5.91 Å². The van der Waals surface area contributed by atoms with Crippen molar-refractivity contribution in [3.05, 3.63) is 41.7 Å². The molecule has 1 atom stereocenters. The molecule has 0 bridgehead atoms. The number of piperidine rings is 1. The molecule has 1 unspecified atom stereocenters. The Morgan fingerprint density at radius 3 is 3.04 bits per heavy atom. The maximum Gasteiger partial charge on any atom is 0.274 e. The Morgan fingerprint density at radius 1 is 1.42 bits per heavy atom. The fourth-order valence-electron chi connectivity index (χ4n) is 2.79. The van der Waals surface area contributed by atoms with Crippen LogP contribution in [0.4, 0.5) is 5.82 Å². The van der Waals surface area contributed by atoms with Gasteiger partial charge in [-0.1, -0.05) is 18.2 Å². The summed E-state index contributed by atoms with van der Waals surface area (Å²) in [6.45, 7) is 2.19. The number of carbonyl (C=O) groups excluding carboxylic acids is 1. The summed E-state index contributed by atoms with van der Waals surface area (Å²) in [4.78, 5) is 21.1. The number of carbonyl (C=O) groups is 1. The van der Waals surface area contributed by atoms with Crippen LogP contribution >= 0.6 is 0 Å². The van der Waals surface area contributed by atoms with Crippen LogP contribution < -0.4 is 22.1 Å².